The second-order valence-electron chi connectivity index (χ2n) is 13.2. The third-order valence-corrected chi connectivity index (χ3v) is 6.65. The number of aliphatic hydroxyl groups is 1. The molecule has 1 heterocycles. The van der Waals surface area contributed by atoms with Crippen molar-refractivity contribution in [3.63, 3.8) is 0 Å². The average Bonchev–Trinajstić information content (AvgIpc) is 3.46. The monoisotopic (exact) mass is 699 g/mol. The number of nitrogens with one attached hydrogen (secondary N) is 3. The lowest BCUT2D eigenvalue weighted by molar-refractivity contribution is -0.141. The number of alkyl carbamates (subject to hydrolysis) is 1. The van der Waals surface area contributed by atoms with Crippen LogP contribution in [0, 0.1) is 5.82 Å². The van der Waals surface area contributed by atoms with Crippen molar-refractivity contribution < 1.29 is 46.5 Å². The lowest BCUT2D eigenvalue weighted by Crippen LogP contribution is -2.32. The lowest BCUT2D eigenvalue weighted by Gasteiger charge is -2.20. The number of amides is 3. The number of ether oxygens (including phenoxy) is 2. The van der Waals surface area contributed by atoms with Crippen molar-refractivity contribution in [2.24, 2.45) is 0 Å². The van der Waals surface area contributed by atoms with Gasteiger partial charge >= 0.3 is 18.4 Å². The summed E-state index contributed by atoms with van der Waals surface area (Å²) in [5.74, 6) is -2.03. The van der Waals surface area contributed by atoms with Crippen molar-refractivity contribution in [2.45, 2.75) is 71.6 Å². The van der Waals surface area contributed by atoms with E-state index in [-0.39, 0.29) is 17.8 Å². The SMILES string of the molecule is CC(C)(C)OC(=O)NCc1cccc(-n2nc(C(F)(F)F)cc2C(=O)Nc2cc(C(O)c3ccc(NC(=O)OC(C)(C)C)cc3)ccc2F)c1. The van der Waals surface area contributed by atoms with Gasteiger partial charge in [0, 0.05) is 18.3 Å². The van der Waals surface area contributed by atoms with Gasteiger partial charge in [-0.05, 0) is 94.6 Å². The molecule has 0 saturated heterocycles. The van der Waals surface area contributed by atoms with Gasteiger partial charge in [-0.1, -0.05) is 30.3 Å². The molecule has 0 aliphatic carbocycles. The number of aliphatic hydroxyl groups excluding tert-OH is 1. The number of rotatable bonds is 8. The first-order valence-corrected chi connectivity index (χ1v) is 15.3. The smallest absolute Gasteiger partial charge is 0.435 e. The Hall–Kier alpha value is -5.44. The number of hydrogen-bond donors (Lipinski definition) is 4. The molecule has 0 aliphatic heterocycles. The highest BCUT2D eigenvalue weighted by Gasteiger charge is 2.36. The molecule has 0 aliphatic rings. The molecular formula is C35H37F4N5O6. The van der Waals surface area contributed by atoms with E-state index in [1.807, 2.05) is 0 Å². The second-order valence-corrected chi connectivity index (χ2v) is 13.2. The number of hydrogen-bond acceptors (Lipinski definition) is 7. The van der Waals surface area contributed by atoms with Gasteiger partial charge in [-0.25, -0.2) is 18.7 Å². The van der Waals surface area contributed by atoms with Crippen molar-refractivity contribution in [3.05, 3.63) is 107 Å². The molecule has 3 aromatic carbocycles. The largest absolute Gasteiger partial charge is 0.444 e. The van der Waals surface area contributed by atoms with Crippen LogP contribution in [0.5, 0.6) is 0 Å². The summed E-state index contributed by atoms with van der Waals surface area (Å²) in [6.07, 6.45) is -7.59. The predicted molar refractivity (Wildman–Crippen MR) is 176 cm³/mol. The highest BCUT2D eigenvalue weighted by atomic mass is 19.4. The van der Waals surface area contributed by atoms with E-state index < -0.39 is 64.5 Å². The summed E-state index contributed by atoms with van der Waals surface area (Å²) in [4.78, 5) is 37.5. The Balaban J connectivity index is 1.56. The fourth-order valence-electron chi connectivity index (χ4n) is 4.52. The molecule has 0 spiro atoms. The molecule has 1 aromatic heterocycles. The van der Waals surface area contributed by atoms with Gasteiger partial charge < -0.3 is 25.2 Å². The van der Waals surface area contributed by atoms with Gasteiger partial charge in [0.2, 0.25) is 0 Å². The molecule has 0 bridgehead atoms. The van der Waals surface area contributed by atoms with Gasteiger partial charge in [0.1, 0.15) is 28.8 Å². The minimum absolute atomic E-state index is 0.0407. The third kappa shape index (κ3) is 10.3. The number of carbonyl (C=O) groups excluding carboxylic acids is 3. The Morgan fingerprint density at radius 2 is 1.44 bits per heavy atom. The highest BCUT2D eigenvalue weighted by molar-refractivity contribution is 6.03. The molecule has 0 saturated carbocycles. The number of aromatic nitrogens is 2. The van der Waals surface area contributed by atoms with Crippen molar-refractivity contribution >= 4 is 29.5 Å². The molecule has 4 N–H and O–H groups in total. The molecule has 50 heavy (non-hydrogen) atoms. The molecule has 0 fully saturated rings. The summed E-state index contributed by atoms with van der Waals surface area (Å²) in [7, 11) is 0. The van der Waals surface area contributed by atoms with Gasteiger partial charge in [0.05, 0.1) is 11.4 Å². The number of carbonyl (C=O) groups is 3. The van der Waals surface area contributed by atoms with Gasteiger partial charge in [0.25, 0.3) is 5.91 Å². The van der Waals surface area contributed by atoms with Crippen molar-refractivity contribution in [2.75, 3.05) is 10.6 Å². The maximum Gasteiger partial charge on any atom is 0.435 e. The minimum Gasteiger partial charge on any atom is -0.444 e. The molecule has 4 aromatic rings. The van der Waals surface area contributed by atoms with E-state index in [0.717, 1.165) is 16.8 Å². The van der Waals surface area contributed by atoms with E-state index in [1.54, 1.807) is 47.6 Å². The number of halogens is 4. The normalized spacial score (nSPS) is 12.5. The Morgan fingerprint density at radius 3 is 2.06 bits per heavy atom. The van der Waals surface area contributed by atoms with E-state index in [2.05, 4.69) is 21.0 Å². The van der Waals surface area contributed by atoms with Crippen LogP contribution < -0.4 is 16.0 Å². The third-order valence-electron chi connectivity index (χ3n) is 6.65. The van der Waals surface area contributed by atoms with Gasteiger partial charge in [-0.3, -0.25) is 10.1 Å². The fraction of sp³-hybridized carbons (Fsp3) is 0.314. The molecule has 1 unspecified atom stereocenters. The van der Waals surface area contributed by atoms with E-state index in [4.69, 9.17) is 9.47 Å². The summed E-state index contributed by atoms with van der Waals surface area (Å²) in [5, 5.41) is 22.0. The maximum atomic E-state index is 14.9. The predicted octanol–water partition coefficient (Wildman–Crippen LogP) is 7.74. The minimum atomic E-state index is -4.91. The molecule has 4 rings (SSSR count). The summed E-state index contributed by atoms with van der Waals surface area (Å²) < 4.78 is 67.4. The summed E-state index contributed by atoms with van der Waals surface area (Å²) in [6.45, 7) is 10.2. The standard InChI is InChI=1S/C35H37F4N5O6/c1-33(2,3)49-31(47)40-19-20-8-7-9-24(16-20)44-27(18-28(43-44)35(37,38)39)30(46)42-26-17-22(12-15-25(26)36)29(45)21-10-13-23(14-11-21)41-32(48)50-34(4,5)6/h7-18,29,45H,19H2,1-6H3,(H,40,47)(H,41,48)(H,42,46). The Kier molecular flexibility index (Phi) is 10.9. The quantitative estimate of drug-likeness (QED) is 0.138. The summed E-state index contributed by atoms with van der Waals surface area (Å²) >= 11 is 0. The number of nitrogens with zero attached hydrogens (tertiary/aromatic N) is 2. The Bertz CT molecular complexity index is 1860. The summed E-state index contributed by atoms with van der Waals surface area (Å²) in [6, 6.07) is 16.0. The van der Waals surface area contributed by atoms with Crippen molar-refractivity contribution in [1.82, 2.24) is 15.1 Å². The van der Waals surface area contributed by atoms with Crippen LogP contribution in [0.15, 0.2) is 72.8 Å². The molecule has 1 atom stereocenters. The first-order valence-electron chi connectivity index (χ1n) is 15.3. The Morgan fingerprint density at radius 1 is 0.820 bits per heavy atom. The first kappa shape index (κ1) is 37.4. The van der Waals surface area contributed by atoms with Crippen LogP contribution in [-0.4, -0.2) is 44.2 Å². The number of alkyl halides is 3. The van der Waals surface area contributed by atoms with E-state index >= 15 is 0 Å². The zero-order valence-corrected chi connectivity index (χ0v) is 28.1. The molecule has 15 heteroatoms. The van der Waals surface area contributed by atoms with Gasteiger partial charge in [-0.15, -0.1) is 0 Å². The van der Waals surface area contributed by atoms with Crippen LogP contribution in [0.4, 0.5) is 38.5 Å². The van der Waals surface area contributed by atoms with Gasteiger partial charge in [-0.2, -0.15) is 18.3 Å². The molecule has 266 valence electrons. The van der Waals surface area contributed by atoms with Crippen LogP contribution in [0.1, 0.15) is 80.5 Å². The topological polar surface area (TPSA) is 144 Å². The van der Waals surface area contributed by atoms with Crippen LogP contribution in [0.25, 0.3) is 5.69 Å². The van der Waals surface area contributed by atoms with Crippen molar-refractivity contribution in [3.8, 4) is 5.69 Å². The van der Waals surface area contributed by atoms with Crippen LogP contribution in [0.3, 0.4) is 0 Å². The average molecular weight is 700 g/mol. The van der Waals surface area contributed by atoms with Crippen LogP contribution in [0.2, 0.25) is 0 Å². The zero-order valence-electron chi connectivity index (χ0n) is 28.1. The van der Waals surface area contributed by atoms with E-state index in [0.29, 0.717) is 22.9 Å². The van der Waals surface area contributed by atoms with Crippen molar-refractivity contribution in [1.29, 1.82) is 0 Å². The first-order chi connectivity index (χ1) is 23.2. The van der Waals surface area contributed by atoms with E-state index in [1.165, 1.54) is 48.5 Å². The number of anilines is 2. The second kappa shape index (κ2) is 14.6. The molecule has 11 nitrogen and oxygen atoms in total. The molecule has 3 amide bonds. The number of benzene rings is 3. The Labute approximate surface area is 285 Å². The highest BCUT2D eigenvalue weighted by Crippen LogP contribution is 2.31. The fourth-order valence-corrected chi connectivity index (χ4v) is 4.52. The van der Waals surface area contributed by atoms with E-state index in [9.17, 15) is 37.1 Å². The van der Waals surface area contributed by atoms with Crippen LogP contribution in [-0.2, 0) is 22.2 Å². The van der Waals surface area contributed by atoms with Gasteiger partial charge in [0.15, 0.2) is 5.69 Å². The molecular weight excluding hydrogens is 662 g/mol. The van der Waals surface area contributed by atoms with Crippen LogP contribution >= 0.6 is 0 Å². The maximum absolute atomic E-state index is 14.9. The molecule has 0 radical (unpaired) electrons. The summed E-state index contributed by atoms with van der Waals surface area (Å²) in [5.41, 5.74) is -2.36. The lowest BCUT2D eigenvalue weighted by atomic mass is 10.0. The zero-order chi connectivity index (χ0) is 37.0.